The van der Waals surface area contributed by atoms with E-state index in [1.54, 1.807) is 14.2 Å². The second-order valence-electron chi connectivity index (χ2n) is 9.19. The Kier molecular flexibility index (Phi) is 9.59. The smallest absolute Gasteiger partial charge is 0.143 e. The van der Waals surface area contributed by atoms with Crippen LogP contribution in [0.25, 0.3) is 21.9 Å². The molecule has 192 valence electrons. The van der Waals surface area contributed by atoms with E-state index >= 15 is 0 Å². The first-order valence-corrected chi connectivity index (χ1v) is 13.2. The highest BCUT2D eigenvalue weighted by Gasteiger charge is 2.13. The molecule has 4 nitrogen and oxygen atoms in total. The second-order valence-corrected chi connectivity index (χ2v) is 9.19. The highest BCUT2D eigenvalue weighted by atomic mass is 16.5. The fraction of sp³-hybridized carbons (Fsp3) is 0.303. The van der Waals surface area contributed by atoms with Crippen LogP contribution in [0.5, 0.6) is 23.0 Å². The van der Waals surface area contributed by atoms with Gasteiger partial charge >= 0.3 is 0 Å². The first-order chi connectivity index (χ1) is 18.2. The van der Waals surface area contributed by atoms with Crippen molar-refractivity contribution in [1.29, 1.82) is 0 Å². The van der Waals surface area contributed by atoms with E-state index in [9.17, 15) is 0 Å². The van der Waals surface area contributed by atoms with Crippen molar-refractivity contribution in [3.05, 3.63) is 84.4 Å². The van der Waals surface area contributed by atoms with Gasteiger partial charge in [0.05, 0.1) is 14.2 Å². The minimum atomic E-state index is 0.812. The van der Waals surface area contributed by atoms with Gasteiger partial charge in [-0.3, -0.25) is 4.99 Å². The van der Waals surface area contributed by atoms with E-state index in [2.05, 4.69) is 72.7 Å². The Bertz CT molecular complexity index is 1290. The highest BCUT2D eigenvalue weighted by Crippen LogP contribution is 2.41. The molecule has 4 heteroatoms. The Balaban J connectivity index is 1.51. The Morgan fingerprint density at radius 1 is 0.730 bits per heavy atom. The van der Waals surface area contributed by atoms with Crippen molar-refractivity contribution < 1.29 is 14.2 Å². The van der Waals surface area contributed by atoms with Gasteiger partial charge in [0.25, 0.3) is 0 Å². The van der Waals surface area contributed by atoms with Crippen molar-refractivity contribution in [3.63, 3.8) is 0 Å². The van der Waals surface area contributed by atoms with Crippen molar-refractivity contribution in [2.45, 2.75) is 45.4 Å². The van der Waals surface area contributed by atoms with E-state index in [1.807, 2.05) is 24.3 Å². The molecule has 0 aromatic heterocycles. The van der Waals surface area contributed by atoms with Crippen LogP contribution < -0.4 is 14.2 Å². The predicted octanol–water partition coefficient (Wildman–Crippen LogP) is 8.90. The third-order valence-corrected chi connectivity index (χ3v) is 6.55. The minimum Gasteiger partial charge on any atom is -0.497 e. The number of hydrogen-bond acceptors (Lipinski definition) is 4. The van der Waals surface area contributed by atoms with Crippen LogP contribution in [0.2, 0.25) is 0 Å². The Morgan fingerprint density at radius 3 is 2.19 bits per heavy atom. The molecule has 0 aliphatic rings. The van der Waals surface area contributed by atoms with Crippen molar-refractivity contribution in [2.75, 3.05) is 20.8 Å². The predicted molar refractivity (Wildman–Crippen MR) is 155 cm³/mol. The molecule has 0 radical (unpaired) electrons. The molecule has 37 heavy (non-hydrogen) atoms. The van der Waals surface area contributed by atoms with Gasteiger partial charge in [0.2, 0.25) is 0 Å². The zero-order chi connectivity index (χ0) is 25.9. The van der Waals surface area contributed by atoms with Crippen LogP contribution in [0.15, 0.2) is 83.9 Å². The summed E-state index contributed by atoms with van der Waals surface area (Å²) >= 11 is 0. The van der Waals surface area contributed by atoms with Gasteiger partial charge in [0.15, 0.2) is 0 Å². The third kappa shape index (κ3) is 7.13. The maximum atomic E-state index is 6.55. The Morgan fingerprint density at radius 2 is 1.46 bits per heavy atom. The monoisotopic (exact) mass is 495 g/mol. The third-order valence-electron chi connectivity index (χ3n) is 6.55. The van der Waals surface area contributed by atoms with Gasteiger partial charge < -0.3 is 14.2 Å². The molecule has 0 bridgehead atoms. The van der Waals surface area contributed by atoms with Crippen molar-refractivity contribution in [1.82, 2.24) is 0 Å². The fourth-order valence-electron chi connectivity index (χ4n) is 4.40. The number of aliphatic imine (C=N–C) groups is 1. The molecule has 0 atom stereocenters. The molecule has 4 rings (SSSR count). The Labute approximate surface area is 220 Å². The first kappa shape index (κ1) is 26.3. The molecule has 0 saturated heterocycles. The number of aryl methyl sites for hydroxylation is 1. The highest BCUT2D eigenvalue weighted by molar-refractivity contribution is 5.96. The summed E-state index contributed by atoms with van der Waals surface area (Å²) in [6.07, 6.45) is 9.04. The van der Waals surface area contributed by atoms with Gasteiger partial charge in [-0.2, -0.15) is 0 Å². The summed E-state index contributed by atoms with van der Waals surface area (Å²) in [5, 5.41) is 2.10. The summed E-state index contributed by atoms with van der Waals surface area (Å²) in [5.41, 5.74) is 3.38. The summed E-state index contributed by atoms with van der Waals surface area (Å²) in [5.74, 6) is 3.29. The molecule has 0 saturated carbocycles. The van der Waals surface area contributed by atoms with E-state index < -0.39 is 0 Å². The summed E-state index contributed by atoms with van der Waals surface area (Å²) in [7, 11) is 3.36. The number of ether oxygens (including phenoxy) is 3. The van der Waals surface area contributed by atoms with Crippen LogP contribution in [0.1, 0.15) is 44.6 Å². The molecule has 4 aromatic rings. The van der Waals surface area contributed by atoms with E-state index in [1.165, 1.54) is 31.2 Å². The number of methoxy groups -OCH3 is 2. The molecule has 0 fully saturated rings. The summed E-state index contributed by atoms with van der Waals surface area (Å²) in [6.45, 7) is 3.18. The molecule has 0 spiro atoms. The van der Waals surface area contributed by atoms with E-state index in [4.69, 9.17) is 14.2 Å². The van der Waals surface area contributed by atoms with E-state index in [-0.39, 0.29) is 0 Å². The lowest BCUT2D eigenvalue weighted by Gasteiger charge is -2.16. The number of hydrogen-bond donors (Lipinski definition) is 0. The van der Waals surface area contributed by atoms with Crippen LogP contribution in [0.4, 0.5) is 0 Å². The quantitative estimate of drug-likeness (QED) is 0.137. The van der Waals surface area contributed by atoms with Gasteiger partial charge in [0.1, 0.15) is 23.0 Å². The van der Waals surface area contributed by atoms with Gasteiger partial charge in [-0.25, -0.2) is 0 Å². The van der Waals surface area contributed by atoms with Gasteiger partial charge in [0, 0.05) is 17.5 Å². The van der Waals surface area contributed by atoms with E-state index in [0.717, 1.165) is 64.3 Å². The van der Waals surface area contributed by atoms with Crippen LogP contribution in [0, 0.1) is 0 Å². The van der Waals surface area contributed by atoms with Crippen molar-refractivity contribution >= 4 is 17.0 Å². The molecule has 0 unspecified atom stereocenters. The standard InChI is InChI=1S/C33H37NO3/c1-4-5-6-7-22-34-23-8-9-25-10-15-29(16-11-25)37-33-31(26-12-17-28(35-2)18-13-26)20-14-27-24-30(36-3)19-21-32(27)33/h10-21,23-24H,4-9,22H2,1-3H3. The maximum Gasteiger partial charge on any atom is 0.143 e. The molecular formula is C33H37NO3. The maximum absolute atomic E-state index is 6.55. The molecule has 0 aliphatic heterocycles. The first-order valence-electron chi connectivity index (χ1n) is 13.2. The van der Waals surface area contributed by atoms with Crippen LogP contribution in [-0.2, 0) is 6.42 Å². The molecular weight excluding hydrogens is 458 g/mol. The van der Waals surface area contributed by atoms with E-state index in [0.29, 0.717) is 0 Å². The molecule has 0 aliphatic carbocycles. The SMILES string of the molecule is CCCCCCN=CCCc1ccc(Oc2c(-c3ccc(OC)cc3)ccc3cc(OC)ccc23)cc1. The molecule has 0 heterocycles. The number of rotatable bonds is 13. The normalized spacial score (nSPS) is 11.2. The lowest BCUT2D eigenvalue weighted by Crippen LogP contribution is -1.93. The Hall–Kier alpha value is -3.79. The fourth-order valence-corrected chi connectivity index (χ4v) is 4.40. The average Bonchev–Trinajstić information content (AvgIpc) is 2.95. The van der Waals surface area contributed by atoms with Crippen molar-refractivity contribution in [2.24, 2.45) is 4.99 Å². The lowest BCUT2D eigenvalue weighted by atomic mass is 9.99. The largest absolute Gasteiger partial charge is 0.497 e. The van der Waals surface area contributed by atoms with Crippen molar-refractivity contribution in [3.8, 4) is 34.1 Å². The average molecular weight is 496 g/mol. The minimum absolute atomic E-state index is 0.812. The summed E-state index contributed by atoms with van der Waals surface area (Å²) < 4.78 is 17.3. The zero-order valence-corrected chi connectivity index (χ0v) is 22.2. The molecule has 4 aromatic carbocycles. The molecule has 0 N–H and O–H groups in total. The number of unbranched alkanes of at least 4 members (excludes halogenated alkanes) is 3. The second kappa shape index (κ2) is 13.5. The summed E-state index contributed by atoms with van der Waals surface area (Å²) in [6, 6.07) is 26.7. The van der Waals surface area contributed by atoms with Gasteiger partial charge in [-0.15, -0.1) is 0 Å². The number of fused-ring (bicyclic) bond motifs is 1. The molecule has 0 amide bonds. The van der Waals surface area contributed by atoms with Crippen LogP contribution in [-0.4, -0.2) is 27.0 Å². The van der Waals surface area contributed by atoms with Crippen LogP contribution in [0.3, 0.4) is 0 Å². The lowest BCUT2D eigenvalue weighted by molar-refractivity contribution is 0.415. The van der Waals surface area contributed by atoms with Gasteiger partial charge in [-0.05, 0) is 90.5 Å². The number of benzene rings is 4. The number of nitrogens with zero attached hydrogens (tertiary/aromatic N) is 1. The van der Waals surface area contributed by atoms with Crippen LogP contribution >= 0.6 is 0 Å². The zero-order valence-electron chi connectivity index (χ0n) is 22.2. The summed E-state index contributed by atoms with van der Waals surface area (Å²) in [4.78, 5) is 4.56. The van der Waals surface area contributed by atoms with Gasteiger partial charge in [-0.1, -0.05) is 56.5 Å². The topological polar surface area (TPSA) is 40.0 Å².